The summed E-state index contributed by atoms with van der Waals surface area (Å²) in [4.78, 5) is 12.6. The molecule has 1 aliphatic heterocycles. The summed E-state index contributed by atoms with van der Waals surface area (Å²) in [5.74, 6) is 0. The molecule has 0 aromatic rings. The Hall–Kier alpha value is -0.810. The zero-order chi connectivity index (χ0) is 10.4. The van der Waals surface area contributed by atoms with Crippen LogP contribution >= 0.6 is 0 Å². The Morgan fingerprint density at radius 3 is 3.00 bits per heavy atom. The largest absolute Gasteiger partial charge is 0.394 e. The van der Waals surface area contributed by atoms with Gasteiger partial charge in [-0.1, -0.05) is 0 Å². The van der Waals surface area contributed by atoms with Crippen molar-refractivity contribution in [3.8, 4) is 0 Å². The lowest BCUT2D eigenvalue weighted by Crippen LogP contribution is -2.40. The molecule has 0 aromatic carbocycles. The number of carbonyl (C=O) groups is 1. The van der Waals surface area contributed by atoms with Crippen molar-refractivity contribution >= 4 is 6.03 Å². The number of primary amides is 1. The molecule has 0 saturated carbocycles. The molecule has 1 heterocycles. The van der Waals surface area contributed by atoms with Crippen LogP contribution < -0.4 is 5.73 Å². The second kappa shape index (κ2) is 5.82. The Bertz CT molecular complexity index is 187. The molecule has 14 heavy (non-hydrogen) atoms. The third kappa shape index (κ3) is 3.51. The van der Waals surface area contributed by atoms with E-state index in [1.54, 1.807) is 4.90 Å². The van der Waals surface area contributed by atoms with Crippen LogP contribution in [0.5, 0.6) is 0 Å². The van der Waals surface area contributed by atoms with Gasteiger partial charge >= 0.3 is 6.03 Å². The summed E-state index contributed by atoms with van der Waals surface area (Å²) in [7, 11) is 0. The monoisotopic (exact) mass is 202 g/mol. The van der Waals surface area contributed by atoms with Gasteiger partial charge in [-0.3, -0.25) is 0 Å². The van der Waals surface area contributed by atoms with Crippen LogP contribution in [0.1, 0.15) is 19.3 Å². The van der Waals surface area contributed by atoms with Crippen molar-refractivity contribution in [3.63, 3.8) is 0 Å². The molecule has 3 N–H and O–H groups in total. The van der Waals surface area contributed by atoms with Gasteiger partial charge < -0.3 is 20.5 Å². The zero-order valence-corrected chi connectivity index (χ0v) is 8.32. The van der Waals surface area contributed by atoms with Crippen LogP contribution in [0, 0.1) is 0 Å². The van der Waals surface area contributed by atoms with E-state index in [0.29, 0.717) is 19.7 Å². The number of carbonyl (C=O) groups excluding carboxylic acids is 1. The number of amides is 2. The van der Waals surface area contributed by atoms with Gasteiger partial charge in [-0.2, -0.15) is 0 Å². The highest BCUT2D eigenvalue weighted by molar-refractivity contribution is 5.72. The number of rotatable bonds is 3. The first kappa shape index (κ1) is 11.3. The molecule has 0 aromatic heterocycles. The predicted octanol–water partition coefficient (Wildman–Crippen LogP) is -0.0715. The molecule has 1 aliphatic rings. The molecule has 5 nitrogen and oxygen atoms in total. The lowest BCUT2D eigenvalue weighted by atomic mass is 10.2. The molecular formula is C9H18N2O3. The fourth-order valence-electron chi connectivity index (χ4n) is 1.66. The molecule has 1 rings (SSSR count). The van der Waals surface area contributed by atoms with Crippen LogP contribution in [-0.2, 0) is 4.74 Å². The standard InChI is InChI=1S/C9H18N2O3/c10-9(13)11-4-2-1-3-8(7-11)14-6-5-12/h8,12H,1-7H2,(H2,10,13). The fourth-order valence-corrected chi connectivity index (χ4v) is 1.66. The molecule has 82 valence electrons. The highest BCUT2D eigenvalue weighted by atomic mass is 16.5. The topological polar surface area (TPSA) is 75.8 Å². The molecule has 0 bridgehead atoms. The van der Waals surface area contributed by atoms with E-state index in [4.69, 9.17) is 15.6 Å². The highest BCUT2D eigenvalue weighted by Crippen LogP contribution is 2.13. The van der Waals surface area contributed by atoms with Crippen molar-refractivity contribution in [3.05, 3.63) is 0 Å². The van der Waals surface area contributed by atoms with Gasteiger partial charge in [-0.25, -0.2) is 4.79 Å². The molecule has 1 atom stereocenters. The number of aliphatic hydroxyl groups excluding tert-OH is 1. The van der Waals surface area contributed by atoms with E-state index in [0.717, 1.165) is 19.3 Å². The van der Waals surface area contributed by atoms with Crippen LogP contribution in [0.3, 0.4) is 0 Å². The number of nitrogens with two attached hydrogens (primary N) is 1. The second-order valence-corrected chi connectivity index (χ2v) is 3.50. The second-order valence-electron chi connectivity index (χ2n) is 3.50. The maximum absolute atomic E-state index is 11.0. The Labute approximate surface area is 83.8 Å². The highest BCUT2D eigenvalue weighted by Gasteiger charge is 2.20. The van der Waals surface area contributed by atoms with Crippen LogP contribution in [-0.4, -0.2) is 48.4 Å². The average Bonchev–Trinajstić information content (AvgIpc) is 2.39. The number of hydrogen-bond donors (Lipinski definition) is 2. The molecule has 1 fully saturated rings. The molecule has 2 amide bonds. The van der Waals surface area contributed by atoms with Crippen molar-refractivity contribution in [2.24, 2.45) is 5.73 Å². The van der Waals surface area contributed by atoms with E-state index in [1.807, 2.05) is 0 Å². The summed E-state index contributed by atoms with van der Waals surface area (Å²) >= 11 is 0. The Kier molecular flexibility index (Phi) is 4.69. The summed E-state index contributed by atoms with van der Waals surface area (Å²) < 4.78 is 5.39. The first-order chi connectivity index (χ1) is 6.74. The first-order valence-corrected chi connectivity index (χ1v) is 5.01. The van der Waals surface area contributed by atoms with E-state index >= 15 is 0 Å². The van der Waals surface area contributed by atoms with Crippen LogP contribution in [0.25, 0.3) is 0 Å². The third-order valence-corrected chi connectivity index (χ3v) is 2.38. The molecule has 0 spiro atoms. The van der Waals surface area contributed by atoms with Crippen molar-refractivity contribution in [2.75, 3.05) is 26.3 Å². The van der Waals surface area contributed by atoms with Crippen molar-refractivity contribution in [1.29, 1.82) is 0 Å². The minimum absolute atomic E-state index is 0.0209. The van der Waals surface area contributed by atoms with E-state index in [-0.39, 0.29) is 18.7 Å². The third-order valence-electron chi connectivity index (χ3n) is 2.38. The lowest BCUT2D eigenvalue weighted by molar-refractivity contribution is 0.0154. The number of ether oxygens (including phenoxy) is 1. The number of aliphatic hydroxyl groups is 1. The quantitative estimate of drug-likeness (QED) is 0.672. The van der Waals surface area contributed by atoms with E-state index < -0.39 is 0 Å². The normalized spacial score (nSPS) is 23.2. The lowest BCUT2D eigenvalue weighted by Gasteiger charge is -2.22. The number of nitrogens with zero attached hydrogens (tertiary/aromatic N) is 1. The fraction of sp³-hybridized carbons (Fsp3) is 0.889. The molecule has 5 heteroatoms. The van der Waals surface area contributed by atoms with Gasteiger partial charge in [-0.15, -0.1) is 0 Å². The van der Waals surface area contributed by atoms with Gasteiger partial charge in [-0.05, 0) is 19.3 Å². The predicted molar refractivity (Wildman–Crippen MR) is 51.8 cm³/mol. The summed E-state index contributed by atoms with van der Waals surface area (Å²) in [5.41, 5.74) is 5.21. The van der Waals surface area contributed by atoms with E-state index in [9.17, 15) is 4.79 Å². The van der Waals surface area contributed by atoms with Gasteiger partial charge in [0.25, 0.3) is 0 Å². The first-order valence-electron chi connectivity index (χ1n) is 5.01. The van der Waals surface area contributed by atoms with Gasteiger partial charge in [0, 0.05) is 13.1 Å². The number of likely N-dealkylation sites (tertiary alicyclic amines) is 1. The maximum Gasteiger partial charge on any atom is 0.314 e. The van der Waals surface area contributed by atoms with E-state index in [1.165, 1.54) is 0 Å². The van der Waals surface area contributed by atoms with Gasteiger partial charge in [0.2, 0.25) is 0 Å². The molecular weight excluding hydrogens is 184 g/mol. The molecule has 1 saturated heterocycles. The minimum atomic E-state index is -0.385. The van der Waals surface area contributed by atoms with Crippen LogP contribution in [0.4, 0.5) is 4.79 Å². The number of hydrogen-bond acceptors (Lipinski definition) is 3. The summed E-state index contributed by atoms with van der Waals surface area (Å²) in [5, 5.41) is 8.61. The van der Waals surface area contributed by atoms with Crippen molar-refractivity contribution < 1.29 is 14.6 Å². The van der Waals surface area contributed by atoms with Crippen molar-refractivity contribution in [1.82, 2.24) is 4.90 Å². The molecule has 1 unspecified atom stereocenters. The smallest absolute Gasteiger partial charge is 0.314 e. The van der Waals surface area contributed by atoms with E-state index in [2.05, 4.69) is 0 Å². The van der Waals surface area contributed by atoms with Crippen LogP contribution in [0.15, 0.2) is 0 Å². The van der Waals surface area contributed by atoms with Crippen LogP contribution in [0.2, 0.25) is 0 Å². The molecule has 0 aliphatic carbocycles. The number of urea groups is 1. The Balaban J connectivity index is 2.38. The Morgan fingerprint density at radius 2 is 2.36 bits per heavy atom. The van der Waals surface area contributed by atoms with Gasteiger partial charge in [0.1, 0.15) is 0 Å². The minimum Gasteiger partial charge on any atom is -0.394 e. The Morgan fingerprint density at radius 1 is 1.57 bits per heavy atom. The van der Waals surface area contributed by atoms with Crippen molar-refractivity contribution in [2.45, 2.75) is 25.4 Å². The van der Waals surface area contributed by atoms with Gasteiger partial charge in [0.15, 0.2) is 0 Å². The molecule has 0 radical (unpaired) electrons. The summed E-state index contributed by atoms with van der Waals surface area (Å²) in [6.45, 7) is 1.62. The average molecular weight is 202 g/mol. The SMILES string of the molecule is NC(=O)N1CCCCC(OCCO)C1. The zero-order valence-electron chi connectivity index (χ0n) is 8.32. The maximum atomic E-state index is 11.0. The summed E-state index contributed by atoms with van der Waals surface area (Å²) in [6, 6.07) is -0.385. The van der Waals surface area contributed by atoms with Gasteiger partial charge in [0.05, 0.1) is 19.3 Å². The summed E-state index contributed by atoms with van der Waals surface area (Å²) in [6.07, 6.45) is 2.98.